The normalized spacial score (nSPS) is 17.9. The molecule has 1 atom stereocenters. The molecule has 2 N–H and O–H groups in total. The second kappa shape index (κ2) is 4.58. The highest BCUT2D eigenvalue weighted by Crippen LogP contribution is 2.30. The Hall–Kier alpha value is -0.480. The average Bonchev–Trinajstić information content (AvgIpc) is 2.59. The molecule has 15 heavy (non-hydrogen) atoms. The largest absolute Gasteiger partial charge is 0.323 e. The van der Waals surface area contributed by atoms with Gasteiger partial charge in [0.25, 0.3) is 6.43 Å². The van der Waals surface area contributed by atoms with E-state index in [0.29, 0.717) is 6.42 Å². The van der Waals surface area contributed by atoms with Gasteiger partial charge in [0, 0.05) is 16.2 Å². The van der Waals surface area contributed by atoms with Gasteiger partial charge in [-0.2, -0.15) is 0 Å². The standard InChI is InChI=1S/C11H15F2NS/c12-11(13)9(14)6-8-5-7-3-1-2-4-10(7)15-8/h5,9,11H,1-4,6,14H2. The summed E-state index contributed by atoms with van der Waals surface area (Å²) >= 11 is 1.67. The summed E-state index contributed by atoms with van der Waals surface area (Å²) in [7, 11) is 0. The number of hydrogen-bond donors (Lipinski definition) is 1. The lowest BCUT2D eigenvalue weighted by Crippen LogP contribution is -2.30. The lowest BCUT2D eigenvalue weighted by atomic mass is 9.99. The third kappa shape index (κ3) is 2.55. The van der Waals surface area contributed by atoms with Crippen LogP contribution in [0.3, 0.4) is 0 Å². The van der Waals surface area contributed by atoms with Crippen molar-refractivity contribution < 1.29 is 8.78 Å². The van der Waals surface area contributed by atoms with E-state index in [0.717, 1.165) is 17.7 Å². The van der Waals surface area contributed by atoms with Crippen LogP contribution in [-0.2, 0) is 19.3 Å². The van der Waals surface area contributed by atoms with E-state index >= 15 is 0 Å². The molecule has 0 saturated heterocycles. The molecule has 0 aliphatic heterocycles. The fraction of sp³-hybridized carbons (Fsp3) is 0.636. The lowest BCUT2D eigenvalue weighted by Gasteiger charge is -2.08. The van der Waals surface area contributed by atoms with Crippen LogP contribution in [0, 0.1) is 0 Å². The van der Waals surface area contributed by atoms with E-state index in [-0.39, 0.29) is 0 Å². The number of hydrogen-bond acceptors (Lipinski definition) is 2. The molecule has 1 unspecified atom stereocenters. The molecule has 1 aromatic rings. The van der Waals surface area contributed by atoms with Crippen molar-refractivity contribution in [3.63, 3.8) is 0 Å². The minimum atomic E-state index is -2.41. The van der Waals surface area contributed by atoms with Gasteiger partial charge in [-0.25, -0.2) is 8.78 Å². The lowest BCUT2D eigenvalue weighted by molar-refractivity contribution is 0.116. The van der Waals surface area contributed by atoms with Gasteiger partial charge in [0.15, 0.2) is 0 Å². The van der Waals surface area contributed by atoms with Crippen LogP contribution in [0.25, 0.3) is 0 Å². The van der Waals surface area contributed by atoms with Crippen LogP contribution in [0.4, 0.5) is 8.78 Å². The summed E-state index contributed by atoms with van der Waals surface area (Å²) in [5.74, 6) is 0. The molecule has 0 radical (unpaired) electrons. The summed E-state index contributed by atoms with van der Waals surface area (Å²) in [5.41, 5.74) is 6.73. The quantitative estimate of drug-likeness (QED) is 0.850. The molecule has 0 saturated carbocycles. The van der Waals surface area contributed by atoms with E-state index in [1.807, 2.05) is 0 Å². The predicted molar refractivity (Wildman–Crippen MR) is 58.6 cm³/mol. The maximum Gasteiger partial charge on any atom is 0.253 e. The van der Waals surface area contributed by atoms with Gasteiger partial charge in [-0.3, -0.25) is 0 Å². The van der Waals surface area contributed by atoms with Gasteiger partial charge in [0.2, 0.25) is 0 Å². The first-order valence-electron chi connectivity index (χ1n) is 5.31. The van der Waals surface area contributed by atoms with Crippen molar-refractivity contribution in [3.05, 3.63) is 21.4 Å². The average molecular weight is 231 g/mol. The SMILES string of the molecule is NC(Cc1cc2c(s1)CCCC2)C(F)F. The Bertz CT molecular complexity index is 312. The monoisotopic (exact) mass is 231 g/mol. The van der Waals surface area contributed by atoms with Crippen LogP contribution in [0.2, 0.25) is 0 Å². The van der Waals surface area contributed by atoms with Gasteiger partial charge in [-0.15, -0.1) is 11.3 Å². The fourth-order valence-electron chi connectivity index (χ4n) is 1.97. The molecule has 0 aromatic carbocycles. The second-order valence-corrected chi connectivity index (χ2v) is 5.29. The Balaban J connectivity index is 2.06. The molecule has 0 amide bonds. The number of aryl methyl sites for hydroxylation is 2. The van der Waals surface area contributed by atoms with E-state index in [1.165, 1.54) is 23.3 Å². The highest BCUT2D eigenvalue weighted by molar-refractivity contribution is 7.12. The molecule has 4 heteroatoms. The molecule has 0 spiro atoms. The summed E-state index contributed by atoms with van der Waals surface area (Å²) in [6.07, 6.45) is 2.58. The van der Waals surface area contributed by atoms with E-state index in [1.54, 1.807) is 11.3 Å². The molecule has 1 aliphatic carbocycles. The molecule has 1 aliphatic rings. The first-order valence-corrected chi connectivity index (χ1v) is 6.12. The van der Waals surface area contributed by atoms with Crippen LogP contribution in [0.5, 0.6) is 0 Å². The Morgan fingerprint density at radius 3 is 2.73 bits per heavy atom. The fourth-order valence-corrected chi connectivity index (χ4v) is 3.31. The smallest absolute Gasteiger partial charge is 0.253 e. The zero-order valence-electron chi connectivity index (χ0n) is 8.51. The first kappa shape index (κ1) is 11.0. The molecular formula is C11H15F2NS. The molecule has 84 valence electrons. The Kier molecular flexibility index (Phi) is 3.36. The third-order valence-electron chi connectivity index (χ3n) is 2.81. The van der Waals surface area contributed by atoms with E-state index < -0.39 is 12.5 Å². The van der Waals surface area contributed by atoms with Crippen LogP contribution in [-0.4, -0.2) is 12.5 Å². The Morgan fingerprint density at radius 1 is 1.33 bits per heavy atom. The Labute approximate surface area is 92.3 Å². The van der Waals surface area contributed by atoms with Crippen molar-refractivity contribution in [3.8, 4) is 0 Å². The summed E-state index contributed by atoms with van der Waals surface area (Å²) in [4.78, 5) is 2.41. The van der Waals surface area contributed by atoms with E-state index in [9.17, 15) is 8.78 Å². The van der Waals surface area contributed by atoms with Crippen LogP contribution in [0.15, 0.2) is 6.07 Å². The number of fused-ring (bicyclic) bond motifs is 1. The zero-order chi connectivity index (χ0) is 10.8. The predicted octanol–water partition coefficient (Wildman–Crippen LogP) is 2.76. The summed E-state index contributed by atoms with van der Waals surface area (Å²) in [6.45, 7) is 0. The topological polar surface area (TPSA) is 26.0 Å². The van der Waals surface area contributed by atoms with Gasteiger partial charge in [0.1, 0.15) is 0 Å². The van der Waals surface area contributed by atoms with Crippen LogP contribution in [0.1, 0.15) is 28.2 Å². The number of alkyl halides is 2. The molecule has 1 heterocycles. The summed E-state index contributed by atoms with van der Waals surface area (Å²) in [6, 6.07) is 1.06. The maximum absolute atomic E-state index is 12.3. The summed E-state index contributed by atoms with van der Waals surface area (Å²) < 4.78 is 24.6. The van der Waals surface area contributed by atoms with Crippen molar-refractivity contribution in [2.24, 2.45) is 5.73 Å². The second-order valence-electron chi connectivity index (χ2n) is 4.07. The Morgan fingerprint density at radius 2 is 2.07 bits per heavy atom. The molecule has 0 bridgehead atoms. The van der Waals surface area contributed by atoms with E-state index in [2.05, 4.69) is 6.07 Å². The number of nitrogens with two attached hydrogens (primary N) is 1. The third-order valence-corrected chi connectivity index (χ3v) is 4.07. The molecular weight excluding hydrogens is 216 g/mol. The number of thiophene rings is 1. The van der Waals surface area contributed by atoms with Crippen LogP contribution >= 0.6 is 11.3 Å². The highest BCUT2D eigenvalue weighted by atomic mass is 32.1. The van der Waals surface area contributed by atoms with Crippen molar-refractivity contribution in [1.82, 2.24) is 0 Å². The number of halogens is 2. The molecule has 2 rings (SSSR count). The molecule has 1 nitrogen and oxygen atoms in total. The van der Waals surface area contributed by atoms with Gasteiger partial charge >= 0.3 is 0 Å². The molecule has 0 fully saturated rings. The maximum atomic E-state index is 12.3. The minimum absolute atomic E-state index is 0.315. The van der Waals surface area contributed by atoms with Crippen molar-refractivity contribution in [2.75, 3.05) is 0 Å². The minimum Gasteiger partial charge on any atom is -0.323 e. The summed E-state index contributed by atoms with van der Waals surface area (Å²) in [5, 5.41) is 0. The van der Waals surface area contributed by atoms with Gasteiger partial charge in [-0.05, 0) is 37.3 Å². The number of rotatable bonds is 3. The van der Waals surface area contributed by atoms with Gasteiger partial charge in [-0.1, -0.05) is 0 Å². The van der Waals surface area contributed by atoms with E-state index in [4.69, 9.17) is 5.73 Å². The zero-order valence-corrected chi connectivity index (χ0v) is 9.33. The van der Waals surface area contributed by atoms with Gasteiger partial charge < -0.3 is 5.73 Å². The first-order chi connectivity index (χ1) is 7.16. The molecule has 1 aromatic heterocycles. The van der Waals surface area contributed by atoms with Crippen molar-refractivity contribution in [1.29, 1.82) is 0 Å². The highest BCUT2D eigenvalue weighted by Gasteiger charge is 2.19. The van der Waals surface area contributed by atoms with Crippen molar-refractivity contribution in [2.45, 2.75) is 44.6 Å². The van der Waals surface area contributed by atoms with Gasteiger partial charge in [0.05, 0.1) is 6.04 Å². The van der Waals surface area contributed by atoms with Crippen LogP contribution < -0.4 is 5.73 Å². The van der Waals surface area contributed by atoms with Crippen molar-refractivity contribution >= 4 is 11.3 Å².